The van der Waals surface area contributed by atoms with E-state index in [9.17, 15) is 9.90 Å². The van der Waals surface area contributed by atoms with E-state index in [4.69, 9.17) is 0 Å². The van der Waals surface area contributed by atoms with Gasteiger partial charge in [-0.25, -0.2) is 0 Å². The Labute approximate surface area is 102 Å². The molecule has 1 aliphatic heterocycles. The lowest BCUT2D eigenvalue weighted by Crippen LogP contribution is -2.36. The molecule has 1 amide bonds. The largest absolute Gasteiger partial charge is 0.392 e. The van der Waals surface area contributed by atoms with E-state index >= 15 is 0 Å². The van der Waals surface area contributed by atoms with E-state index < -0.39 is 0 Å². The summed E-state index contributed by atoms with van der Waals surface area (Å²) in [5.74, 6) is 0.186. The predicted octanol–water partition coefficient (Wildman–Crippen LogP) is 1.73. The van der Waals surface area contributed by atoms with Crippen molar-refractivity contribution in [2.45, 2.75) is 32.3 Å². The minimum absolute atomic E-state index is 0.00343. The zero-order valence-corrected chi connectivity index (χ0v) is 10.1. The molecule has 1 fully saturated rings. The number of aliphatic hydroxyl groups excluding tert-OH is 1. The Bertz CT molecular complexity index is 384. The second kappa shape index (κ2) is 5.82. The number of rotatable bonds is 3. The molecule has 17 heavy (non-hydrogen) atoms. The molecule has 0 unspecified atom stereocenters. The number of likely N-dealkylation sites (tertiary alicyclic amines) is 1. The Morgan fingerprint density at radius 1 is 1.12 bits per heavy atom. The van der Waals surface area contributed by atoms with Gasteiger partial charge in [-0.3, -0.25) is 4.79 Å². The van der Waals surface area contributed by atoms with Gasteiger partial charge in [0.1, 0.15) is 0 Å². The maximum atomic E-state index is 12.1. The smallest absolute Gasteiger partial charge is 0.227 e. The van der Waals surface area contributed by atoms with Gasteiger partial charge in [-0.15, -0.1) is 0 Å². The van der Waals surface area contributed by atoms with Crippen LogP contribution >= 0.6 is 0 Å². The molecular formula is C14H19NO2. The van der Waals surface area contributed by atoms with Gasteiger partial charge in [-0.2, -0.15) is 0 Å². The van der Waals surface area contributed by atoms with Crippen LogP contribution in [0.5, 0.6) is 0 Å². The summed E-state index contributed by atoms with van der Waals surface area (Å²) in [6, 6.07) is 7.60. The van der Waals surface area contributed by atoms with Gasteiger partial charge in [0.25, 0.3) is 0 Å². The molecule has 1 heterocycles. The van der Waals surface area contributed by atoms with Crippen molar-refractivity contribution in [3.05, 3.63) is 35.4 Å². The maximum Gasteiger partial charge on any atom is 0.227 e. The summed E-state index contributed by atoms with van der Waals surface area (Å²) in [6.07, 6.45) is 3.88. The summed E-state index contributed by atoms with van der Waals surface area (Å²) < 4.78 is 0. The van der Waals surface area contributed by atoms with E-state index in [1.54, 1.807) is 0 Å². The van der Waals surface area contributed by atoms with Crippen LogP contribution in [0.1, 0.15) is 30.4 Å². The Kier molecular flexibility index (Phi) is 4.15. The van der Waals surface area contributed by atoms with Crippen molar-refractivity contribution < 1.29 is 9.90 Å². The van der Waals surface area contributed by atoms with E-state index in [0.29, 0.717) is 6.42 Å². The van der Waals surface area contributed by atoms with Gasteiger partial charge in [0.05, 0.1) is 13.0 Å². The summed E-state index contributed by atoms with van der Waals surface area (Å²) in [5, 5.41) is 9.22. The van der Waals surface area contributed by atoms with Crippen molar-refractivity contribution in [1.82, 2.24) is 4.90 Å². The molecule has 1 aromatic carbocycles. The fourth-order valence-electron chi connectivity index (χ4n) is 2.30. The summed E-state index contributed by atoms with van der Waals surface area (Å²) in [6.45, 7) is 1.78. The number of hydrogen-bond acceptors (Lipinski definition) is 2. The molecule has 1 saturated heterocycles. The van der Waals surface area contributed by atoms with Crippen molar-refractivity contribution in [3.63, 3.8) is 0 Å². The highest BCUT2D eigenvalue weighted by Crippen LogP contribution is 2.14. The monoisotopic (exact) mass is 233 g/mol. The molecule has 0 aromatic heterocycles. The first-order valence-electron chi connectivity index (χ1n) is 6.26. The summed E-state index contributed by atoms with van der Waals surface area (Å²) in [5.41, 5.74) is 1.81. The van der Waals surface area contributed by atoms with Crippen molar-refractivity contribution in [2.75, 3.05) is 13.1 Å². The number of nitrogens with zero attached hydrogens (tertiary/aromatic N) is 1. The first-order valence-corrected chi connectivity index (χ1v) is 6.26. The fourth-order valence-corrected chi connectivity index (χ4v) is 2.30. The average molecular weight is 233 g/mol. The van der Waals surface area contributed by atoms with E-state index in [-0.39, 0.29) is 12.5 Å². The number of amides is 1. The predicted molar refractivity (Wildman–Crippen MR) is 66.5 cm³/mol. The summed E-state index contributed by atoms with van der Waals surface area (Å²) >= 11 is 0. The molecule has 0 radical (unpaired) electrons. The molecule has 0 atom stereocenters. The highest BCUT2D eigenvalue weighted by Gasteiger charge is 2.17. The van der Waals surface area contributed by atoms with Gasteiger partial charge < -0.3 is 10.0 Å². The third kappa shape index (κ3) is 3.07. The number of hydrogen-bond donors (Lipinski definition) is 1. The first kappa shape index (κ1) is 12.1. The molecule has 0 saturated carbocycles. The lowest BCUT2D eigenvalue weighted by atomic mass is 10.0. The first-order chi connectivity index (χ1) is 8.31. The average Bonchev–Trinajstić information content (AvgIpc) is 2.40. The van der Waals surface area contributed by atoms with Crippen LogP contribution in [0.2, 0.25) is 0 Å². The van der Waals surface area contributed by atoms with Gasteiger partial charge >= 0.3 is 0 Å². The van der Waals surface area contributed by atoms with E-state index in [2.05, 4.69) is 0 Å². The van der Waals surface area contributed by atoms with Crippen molar-refractivity contribution in [3.8, 4) is 0 Å². The van der Waals surface area contributed by atoms with Gasteiger partial charge in [0.15, 0.2) is 0 Å². The van der Waals surface area contributed by atoms with Crippen LogP contribution in [0.25, 0.3) is 0 Å². The molecule has 3 nitrogen and oxygen atoms in total. The molecular weight excluding hydrogens is 214 g/mol. The normalized spacial score (nSPS) is 15.9. The molecule has 1 N–H and O–H groups in total. The Morgan fingerprint density at radius 3 is 2.41 bits per heavy atom. The molecule has 3 heteroatoms. The number of benzene rings is 1. The topological polar surface area (TPSA) is 40.5 Å². The lowest BCUT2D eigenvalue weighted by molar-refractivity contribution is -0.131. The molecule has 92 valence electrons. The van der Waals surface area contributed by atoms with Crippen LogP contribution < -0.4 is 0 Å². The van der Waals surface area contributed by atoms with Crippen LogP contribution in [0.15, 0.2) is 24.3 Å². The number of piperidine rings is 1. The number of carbonyl (C=O) groups excluding carboxylic acids is 1. The van der Waals surface area contributed by atoms with E-state index in [1.807, 2.05) is 29.2 Å². The third-order valence-electron chi connectivity index (χ3n) is 3.34. The van der Waals surface area contributed by atoms with Crippen molar-refractivity contribution in [2.24, 2.45) is 0 Å². The van der Waals surface area contributed by atoms with Gasteiger partial charge in [-0.05, 0) is 30.4 Å². The molecule has 1 aliphatic rings. The number of carbonyl (C=O) groups is 1. The van der Waals surface area contributed by atoms with E-state index in [1.165, 1.54) is 6.42 Å². The Hall–Kier alpha value is -1.35. The molecule has 0 bridgehead atoms. The SMILES string of the molecule is O=C(Cc1ccccc1CO)N1CCCCC1. The van der Waals surface area contributed by atoms with Crippen LogP contribution in [-0.2, 0) is 17.8 Å². The quantitative estimate of drug-likeness (QED) is 0.863. The van der Waals surface area contributed by atoms with Gasteiger partial charge in [-0.1, -0.05) is 24.3 Å². The van der Waals surface area contributed by atoms with E-state index in [0.717, 1.165) is 37.1 Å². The Balaban J connectivity index is 2.01. The standard InChI is InChI=1S/C14H19NO2/c16-11-13-7-3-2-6-12(13)10-14(17)15-8-4-1-5-9-15/h2-3,6-7,16H,1,4-5,8-11H2. The van der Waals surface area contributed by atoms with Crippen LogP contribution in [0.4, 0.5) is 0 Å². The van der Waals surface area contributed by atoms with Crippen LogP contribution in [0, 0.1) is 0 Å². The second-order valence-corrected chi connectivity index (χ2v) is 4.55. The maximum absolute atomic E-state index is 12.1. The summed E-state index contributed by atoms with van der Waals surface area (Å²) in [4.78, 5) is 14.0. The molecule has 0 spiro atoms. The second-order valence-electron chi connectivity index (χ2n) is 4.55. The Morgan fingerprint density at radius 2 is 1.76 bits per heavy atom. The van der Waals surface area contributed by atoms with Gasteiger partial charge in [0.2, 0.25) is 5.91 Å². The minimum atomic E-state index is 0.00343. The highest BCUT2D eigenvalue weighted by molar-refractivity contribution is 5.79. The zero-order valence-electron chi connectivity index (χ0n) is 10.1. The number of aliphatic hydroxyl groups is 1. The van der Waals surface area contributed by atoms with Crippen molar-refractivity contribution >= 4 is 5.91 Å². The molecule has 0 aliphatic carbocycles. The fraction of sp³-hybridized carbons (Fsp3) is 0.500. The third-order valence-corrected chi connectivity index (χ3v) is 3.34. The van der Waals surface area contributed by atoms with Gasteiger partial charge in [0, 0.05) is 13.1 Å². The molecule has 2 rings (SSSR count). The zero-order chi connectivity index (χ0) is 12.1. The lowest BCUT2D eigenvalue weighted by Gasteiger charge is -2.27. The van der Waals surface area contributed by atoms with Crippen molar-refractivity contribution in [1.29, 1.82) is 0 Å². The highest BCUT2D eigenvalue weighted by atomic mass is 16.3. The molecule has 1 aromatic rings. The minimum Gasteiger partial charge on any atom is -0.392 e. The van der Waals surface area contributed by atoms with Crippen LogP contribution in [0.3, 0.4) is 0 Å². The summed E-state index contributed by atoms with van der Waals surface area (Å²) in [7, 11) is 0. The van der Waals surface area contributed by atoms with Crippen LogP contribution in [-0.4, -0.2) is 29.0 Å².